The van der Waals surface area contributed by atoms with Gasteiger partial charge in [-0.2, -0.15) is 0 Å². The number of carboxylic acids is 1. The SMILES string of the molecule is CC/C=C\C/C=C\C/C=C\C/C=C\CC/C=C/C=C/C=C(/C)C(=O)O. The van der Waals surface area contributed by atoms with Gasteiger partial charge in [0.1, 0.15) is 0 Å². The molecule has 0 heterocycles. The van der Waals surface area contributed by atoms with Crippen LogP contribution in [0.3, 0.4) is 0 Å². The van der Waals surface area contributed by atoms with Crippen molar-refractivity contribution in [3.8, 4) is 0 Å². The second-order valence-electron chi connectivity index (χ2n) is 5.55. The number of carbonyl (C=O) groups is 1. The normalized spacial score (nSPS) is 13.8. The number of hydrogen-bond donors (Lipinski definition) is 1. The molecule has 0 rings (SSSR count). The van der Waals surface area contributed by atoms with E-state index in [1.807, 2.05) is 12.2 Å². The quantitative estimate of drug-likeness (QED) is 0.175. The van der Waals surface area contributed by atoms with E-state index in [0.717, 1.165) is 38.5 Å². The zero-order valence-corrected chi connectivity index (χ0v) is 15.6. The second kappa shape index (κ2) is 18.0. The summed E-state index contributed by atoms with van der Waals surface area (Å²) in [6, 6.07) is 0. The van der Waals surface area contributed by atoms with Crippen molar-refractivity contribution in [1.82, 2.24) is 0 Å². The molecule has 0 aliphatic rings. The highest BCUT2D eigenvalue weighted by atomic mass is 16.4. The molecule has 0 aliphatic carbocycles. The molecule has 0 radical (unpaired) electrons. The molecular weight excluding hydrogens is 308 g/mol. The first-order valence-electron chi connectivity index (χ1n) is 9.01. The van der Waals surface area contributed by atoms with E-state index in [4.69, 9.17) is 5.11 Å². The van der Waals surface area contributed by atoms with E-state index < -0.39 is 5.97 Å². The molecule has 0 bridgehead atoms. The van der Waals surface area contributed by atoms with Crippen LogP contribution in [-0.2, 0) is 4.79 Å². The summed E-state index contributed by atoms with van der Waals surface area (Å²) in [5.74, 6) is -0.882. The number of rotatable bonds is 13. The number of aliphatic carboxylic acids is 1. The smallest absolute Gasteiger partial charge is 0.331 e. The topological polar surface area (TPSA) is 37.3 Å². The molecule has 25 heavy (non-hydrogen) atoms. The van der Waals surface area contributed by atoms with Crippen LogP contribution in [-0.4, -0.2) is 11.1 Å². The average Bonchev–Trinajstić information content (AvgIpc) is 2.60. The summed E-state index contributed by atoms with van der Waals surface area (Å²) in [6.07, 6.45) is 32.9. The summed E-state index contributed by atoms with van der Waals surface area (Å²) >= 11 is 0. The standard InChI is InChI=1S/C23H32O2/c1-3-4-5-6-7-8-9-10-11-12-13-14-15-16-17-18-19-20-21-22(2)23(24)25/h4-5,7-8,10-11,13-14,17-21H,3,6,9,12,15-16H2,1-2H3,(H,24,25)/b5-4-,8-7-,11-10-,14-13-,18-17+,20-19+,22-21-. The van der Waals surface area contributed by atoms with Crippen LogP contribution in [0.15, 0.2) is 84.6 Å². The maximum Gasteiger partial charge on any atom is 0.331 e. The number of unbranched alkanes of at least 4 members (excludes halogenated alkanes) is 1. The molecule has 1 N–H and O–H groups in total. The fourth-order valence-corrected chi connectivity index (χ4v) is 1.80. The van der Waals surface area contributed by atoms with Gasteiger partial charge in [-0.05, 0) is 45.4 Å². The lowest BCUT2D eigenvalue weighted by Gasteiger charge is -1.87. The Hall–Kier alpha value is -2.35. The van der Waals surface area contributed by atoms with Crippen molar-refractivity contribution < 1.29 is 9.90 Å². The van der Waals surface area contributed by atoms with Crippen LogP contribution in [0.2, 0.25) is 0 Å². The van der Waals surface area contributed by atoms with Gasteiger partial charge < -0.3 is 5.11 Å². The van der Waals surface area contributed by atoms with E-state index in [0.29, 0.717) is 5.57 Å². The molecule has 0 aliphatic heterocycles. The Morgan fingerprint density at radius 3 is 1.80 bits per heavy atom. The molecule has 2 nitrogen and oxygen atoms in total. The molecule has 0 atom stereocenters. The first-order chi connectivity index (χ1) is 12.2. The van der Waals surface area contributed by atoms with E-state index in [9.17, 15) is 4.79 Å². The highest BCUT2D eigenvalue weighted by Gasteiger charge is 1.94. The third-order valence-corrected chi connectivity index (χ3v) is 3.26. The van der Waals surface area contributed by atoms with Crippen LogP contribution >= 0.6 is 0 Å². The Balaban J connectivity index is 3.66. The number of hydrogen-bond acceptors (Lipinski definition) is 1. The van der Waals surface area contributed by atoms with Gasteiger partial charge in [-0.25, -0.2) is 4.79 Å². The maximum atomic E-state index is 10.6. The zero-order chi connectivity index (χ0) is 18.6. The van der Waals surface area contributed by atoms with Gasteiger partial charge in [0.15, 0.2) is 0 Å². The third kappa shape index (κ3) is 17.8. The fraction of sp³-hybridized carbons (Fsp3) is 0.348. The van der Waals surface area contributed by atoms with Gasteiger partial charge in [0, 0.05) is 5.57 Å². The first-order valence-corrected chi connectivity index (χ1v) is 9.01. The van der Waals surface area contributed by atoms with Gasteiger partial charge in [0.05, 0.1) is 0 Å². The van der Waals surface area contributed by atoms with Crippen LogP contribution in [0, 0.1) is 0 Å². The van der Waals surface area contributed by atoms with Crippen LogP contribution in [0.25, 0.3) is 0 Å². The highest BCUT2D eigenvalue weighted by Crippen LogP contribution is 1.98. The lowest BCUT2D eigenvalue weighted by Crippen LogP contribution is -1.94. The molecule has 0 spiro atoms. The minimum absolute atomic E-state index is 0.337. The molecule has 0 amide bonds. The summed E-state index contributed by atoms with van der Waals surface area (Å²) in [7, 11) is 0. The Kier molecular flexibility index (Phi) is 16.3. The highest BCUT2D eigenvalue weighted by molar-refractivity contribution is 5.86. The van der Waals surface area contributed by atoms with Crippen molar-refractivity contribution in [3.63, 3.8) is 0 Å². The Morgan fingerprint density at radius 2 is 1.24 bits per heavy atom. The van der Waals surface area contributed by atoms with Crippen LogP contribution in [0.4, 0.5) is 0 Å². The summed E-state index contributed by atoms with van der Waals surface area (Å²) in [5, 5.41) is 8.69. The van der Waals surface area contributed by atoms with Gasteiger partial charge in [0.25, 0.3) is 0 Å². The molecule has 2 heteroatoms. The summed E-state index contributed by atoms with van der Waals surface area (Å²) in [6.45, 7) is 3.73. The van der Waals surface area contributed by atoms with Crippen molar-refractivity contribution in [2.45, 2.75) is 52.4 Å². The van der Waals surface area contributed by atoms with Crippen molar-refractivity contribution >= 4 is 5.97 Å². The van der Waals surface area contributed by atoms with E-state index >= 15 is 0 Å². The third-order valence-electron chi connectivity index (χ3n) is 3.26. The summed E-state index contributed by atoms with van der Waals surface area (Å²) in [4.78, 5) is 10.6. The van der Waals surface area contributed by atoms with Crippen molar-refractivity contribution in [3.05, 3.63) is 84.6 Å². The molecule has 0 unspecified atom stereocenters. The minimum Gasteiger partial charge on any atom is -0.478 e. The van der Waals surface area contributed by atoms with Gasteiger partial charge in [-0.15, -0.1) is 0 Å². The first kappa shape index (κ1) is 22.6. The lowest BCUT2D eigenvalue weighted by molar-refractivity contribution is -0.132. The van der Waals surface area contributed by atoms with Crippen molar-refractivity contribution in [2.75, 3.05) is 0 Å². The second-order valence-corrected chi connectivity index (χ2v) is 5.55. The molecule has 0 fully saturated rings. The van der Waals surface area contributed by atoms with Gasteiger partial charge in [-0.1, -0.05) is 85.9 Å². The molecule has 0 saturated heterocycles. The molecule has 0 aromatic heterocycles. The Morgan fingerprint density at radius 1 is 0.720 bits per heavy atom. The maximum absolute atomic E-state index is 10.6. The molecule has 0 aromatic rings. The van der Waals surface area contributed by atoms with E-state index in [1.54, 1.807) is 19.1 Å². The summed E-state index contributed by atoms with van der Waals surface area (Å²) in [5.41, 5.74) is 0.337. The number of allylic oxidation sites excluding steroid dienone is 13. The Labute approximate surface area is 153 Å². The zero-order valence-electron chi connectivity index (χ0n) is 15.6. The lowest BCUT2D eigenvalue weighted by atomic mass is 10.2. The molecule has 0 aromatic carbocycles. The van der Waals surface area contributed by atoms with Crippen molar-refractivity contribution in [2.24, 2.45) is 0 Å². The van der Waals surface area contributed by atoms with Gasteiger partial charge in [-0.3, -0.25) is 0 Å². The average molecular weight is 341 g/mol. The minimum atomic E-state index is -0.882. The Bertz CT molecular complexity index is 540. The molecule has 0 saturated carbocycles. The van der Waals surface area contributed by atoms with E-state index in [2.05, 4.69) is 61.6 Å². The van der Waals surface area contributed by atoms with Crippen LogP contribution < -0.4 is 0 Å². The van der Waals surface area contributed by atoms with Gasteiger partial charge >= 0.3 is 5.97 Å². The van der Waals surface area contributed by atoms with Crippen LogP contribution in [0.1, 0.15) is 52.4 Å². The summed E-state index contributed by atoms with van der Waals surface area (Å²) < 4.78 is 0. The monoisotopic (exact) mass is 340 g/mol. The fourth-order valence-electron chi connectivity index (χ4n) is 1.80. The molecule has 136 valence electrons. The van der Waals surface area contributed by atoms with E-state index in [1.165, 1.54) is 0 Å². The van der Waals surface area contributed by atoms with Crippen LogP contribution in [0.5, 0.6) is 0 Å². The molecular formula is C23H32O2. The van der Waals surface area contributed by atoms with Gasteiger partial charge in [0.2, 0.25) is 0 Å². The predicted octanol–water partition coefficient (Wildman–Crippen LogP) is 6.72. The van der Waals surface area contributed by atoms with E-state index in [-0.39, 0.29) is 0 Å². The van der Waals surface area contributed by atoms with Crippen molar-refractivity contribution in [1.29, 1.82) is 0 Å². The largest absolute Gasteiger partial charge is 0.478 e. The number of carboxylic acid groups (broad SMARTS) is 1. The predicted molar refractivity (Wildman–Crippen MR) is 110 cm³/mol.